The van der Waals surface area contributed by atoms with Gasteiger partial charge in [-0.3, -0.25) is 9.36 Å². The van der Waals surface area contributed by atoms with Crippen LogP contribution in [0, 0.1) is 0 Å². The summed E-state index contributed by atoms with van der Waals surface area (Å²) in [6, 6.07) is 23.4. The minimum atomic E-state index is -0.729. The SMILES string of the molecule is CCOC(=O)C1=C(C)N=c2s/c(=C/c3ccc(-c4ccccc4C(=O)OC)o3)c(=O)n2[C@@H]1c1cccc2ccccc12. The Bertz CT molecular complexity index is 2080. The molecule has 1 atom stereocenters. The predicted octanol–water partition coefficient (Wildman–Crippen LogP) is 5.00. The van der Waals surface area contributed by atoms with Crippen molar-refractivity contribution in [1.82, 2.24) is 4.57 Å². The number of benzene rings is 3. The lowest BCUT2D eigenvalue weighted by Crippen LogP contribution is -2.40. The number of hydrogen-bond donors (Lipinski definition) is 0. The average molecular weight is 579 g/mol. The Labute approximate surface area is 244 Å². The first-order valence-corrected chi connectivity index (χ1v) is 14.2. The van der Waals surface area contributed by atoms with Gasteiger partial charge in [0.25, 0.3) is 5.56 Å². The van der Waals surface area contributed by atoms with Gasteiger partial charge in [0.2, 0.25) is 0 Å². The van der Waals surface area contributed by atoms with Crippen LogP contribution in [0.5, 0.6) is 0 Å². The van der Waals surface area contributed by atoms with E-state index in [-0.39, 0.29) is 12.2 Å². The smallest absolute Gasteiger partial charge is 0.338 e. The third kappa shape index (κ3) is 4.67. The van der Waals surface area contributed by atoms with Gasteiger partial charge in [-0.15, -0.1) is 0 Å². The van der Waals surface area contributed by atoms with E-state index >= 15 is 0 Å². The van der Waals surface area contributed by atoms with E-state index in [2.05, 4.69) is 4.99 Å². The molecule has 0 amide bonds. The Morgan fingerprint density at radius 2 is 1.76 bits per heavy atom. The molecule has 8 nitrogen and oxygen atoms in total. The van der Waals surface area contributed by atoms with Gasteiger partial charge >= 0.3 is 11.9 Å². The van der Waals surface area contributed by atoms with Gasteiger partial charge in [0.05, 0.1) is 41.1 Å². The van der Waals surface area contributed by atoms with Gasteiger partial charge in [-0.25, -0.2) is 14.6 Å². The van der Waals surface area contributed by atoms with Gasteiger partial charge in [-0.1, -0.05) is 72.0 Å². The second kappa shape index (κ2) is 11.1. The minimum Gasteiger partial charge on any atom is -0.465 e. The van der Waals surface area contributed by atoms with Crippen LogP contribution in [0.1, 0.15) is 41.6 Å². The molecule has 6 rings (SSSR count). The summed E-state index contributed by atoms with van der Waals surface area (Å²) < 4.78 is 18.3. The fraction of sp³-hybridized carbons (Fsp3) is 0.152. The molecule has 1 aliphatic rings. The molecule has 5 aromatic rings. The fourth-order valence-electron chi connectivity index (χ4n) is 5.26. The molecule has 210 valence electrons. The monoisotopic (exact) mass is 578 g/mol. The molecule has 0 radical (unpaired) electrons. The van der Waals surface area contributed by atoms with Gasteiger partial charge in [0, 0.05) is 11.6 Å². The van der Waals surface area contributed by atoms with E-state index in [1.807, 2.05) is 42.5 Å². The number of furan rings is 1. The van der Waals surface area contributed by atoms with Crippen LogP contribution in [-0.2, 0) is 14.3 Å². The second-order valence-corrected chi connectivity index (χ2v) is 10.6. The maximum atomic E-state index is 14.0. The van der Waals surface area contributed by atoms with Crippen molar-refractivity contribution in [2.24, 2.45) is 4.99 Å². The summed E-state index contributed by atoms with van der Waals surface area (Å²) >= 11 is 1.22. The van der Waals surface area contributed by atoms with Crippen molar-refractivity contribution in [3.8, 4) is 11.3 Å². The van der Waals surface area contributed by atoms with Crippen LogP contribution in [0.4, 0.5) is 0 Å². The maximum Gasteiger partial charge on any atom is 0.338 e. The molecule has 1 aliphatic heterocycles. The molecule has 9 heteroatoms. The molecule has 0 unspecified atom stereocenters. The molecule has 2 aromatic heterocycles. The number of methoxy groups -OCH3 is 1. The topological polar surface area (TPSA) is 100 Å². The van der Waals surface area contributed by atoms with Gasteiger partial charge in [0.1, 0.15) is 11.5 Å². The van der Waals surface area contributed by atoms with Crippen LogP contribution in [0.25, 0.3) is 28.2 Å². The number of esters is 2. The molecule has 3 aromatic carbocycles. The van der Waals surface area contributed by atoms with Crippen molar-refractivity contribution in [3.63, 3.8) is 0 Å². The quantitative estimate of drug-likeness (QED) is 0.263. The number of nitrogens with zero attached hydrogens (tertiary/aromatic N) is 2. The molecule has 0 aliphatic carbocycles. The number of carbonyl (C=O) groups excluding carboxylic acids is 2. The maximum absolute atomic E-state index is 14.0. The van der Waals surface area contributed by atoms with E-state index < -0.39 is 18.0 Å². The normalized spacial score (nSPS) is 14.9. The Hall–Kier alpha value is -5.02. The Balaban J connectivity index is 1.51. The standard InChI is InChI=1S/C33H26N2O6S/c1-4-40-32(38)28-19(2)34-33-35(29(28)24-15-9-11-20-10-5-6-12-22(20)24)30(36)27(42-33)18-21-16-17-26(41-21)23-13-7-8-14-25(23)31(37)39-3/h5-18,29H,4H2,1-3H3/b27-18+/t29-/m1/s1. The Morgan fingerprint density at radius 1 is 1.00 bits per heavy atom. The summed E-state index contributed by atoms with van der Waals surface area (Å²) in [5.41, 5.74) is 2.27. The van der Waals surface area contributed by atoms with Crippen LogP contribution in [-0.4, -0.2) is 30.2 Å². The Morgan fingerprint density at radius 3 is 2.57 bits per heavy atom. The molecule has 3 heterocycles. The summed E-state index contributed by atoms with van der Waals surface area (Å²) in [4.78, 5) is 44.7. The highest BCUT2D eigenvalue weighted by atomic mass is 32.1. The fourth-order valence-corrected chi connectivity index (χ4v) is 6.29. The van der Waals surface area contributed by atoms with Crippen LogP contribution < -0.4 is 14.9 Å². The van der Waals surface area contributed by atoms with Crippen LogP contribution in [0.3, 0.4) is 0 Å². The number of carbonyl (C=O) groups is 2. The zero-order chi connectivity index (χ0) is 29.4. The number of rotatable bonds is 6. The molecule has 0 saturated heterocycles. The molecule has 0 N–H and O–H groups in total. The van der Waals surface area contributed by atoms with Crippen LogP contribution >= 0.6 is 11.3 Å². The van der Waals surface area contributed by atoms with Gasteiger partial charge in [0.15, 0.2) is 4.80 Å². The third-order valence-corrected chi connectivity index (χ3v) is 8.12. The van der Waals surface area contributed by atoms with E-state index in [4.69, 9.17) is 13.9 Å². The van der Waals surface area contributed by atoms with Gasteiger partial charge in [-0.2, -0.15) is 0 Å². The van der Waals surface area contributed by atoms with Crippen molar-refractivity contribution in [2.45, 2.75) is 19.9 Å². The lowest BCUT2D eigenvalue weighted by Gasteiger charge is -2.25. The predicted molar refractivity (Wildman–Crippen MR) is 160 cm³/mol. The highest BCUT2D eigenvalue weighted by molar-refractivity contribution is 7.07. The van der Waals surface area contributed by atoms with Crippen LogP contribution in [0.15, 0.2) is 104 Å². The number of fused-ring (bicyclic) bond motifs is 2. The summed E-state index contributed by atoms with van der Waals surface area (Å²) in [6.45, 7) is 3.71. The zero-order valence-electron chi connectivity index (χ0n) is 23.1. The highest BCUT2D eigenvalue weighted by Crippen LogP contribution is 2.35. The molecule has 0 saturated carbocycles. The van der Waals surface area contributed by atoms with Crippen molar-refractivity contribution >= 4 is 40.1 Å². The van der Waals surface area contributed by atoms with E-state index in [0.717, 1.165) is 16.3 Å². The lowest BCUT2D eigenvalue weighted by molar-refractivity contribution is -0.139. The number of thiazole rings is 1. The summed E-state index contributed by atoms with van der Waals surface area (Å²) in [5.74, 6) is -0.0916. The summed E-state index contributed by atoms with van der Waals surface area (Å²) in [7, 11) is 1.33. The van der Waals surface area contributed by atoms with Gasteiger partial charge < -0.3 is 13.9 Å². The largest absolute Gasteiger partial charge is 0.465 e. The van der Waals surface area contributed by atoms with Crippen molar-refractivity contribution in [1.29, 1.82) is 0 Å². The van der Waals surface area contributed by atoms with Crippen molar-refractivity contribution < 1.29 is 23.5 Å². The molecular formula is C33H26N2O6S. The van der Waals surface area contributed by atoms with Crippen molar-refractivity contribution in [2.75, 3.05) is 13.7 Å². The number of hydrogen-bond acceptors (Lipinski definition) is 8. The number of ether oxygens (including phenoxy) is 2. The van der Waals surface area contributed by atoms with Gasteiger partial charge in [-0.05, 0) is 48.4 Å². The van der Waals surface area contributed by atoms with E-state index in [1.165, 1.54) is 18.4 Å². The molecule has 42 heavy (non-hydrogen) atoms. The van der Waals surface area contributed by atoms with E-state index in [9.17, 15) is 14.4 Å². The second-order valence-electron chi connectivity index (χ2n) is 9.61. The number of aromatic nitrogens is 1. The highest BCUT2D eigenvalue weighted by Gasteiger charge is 2.34. The molecule has 0 bridgehead atoms. The van der Waals surface area contributed by atoms with E-state index in [0.29, 0.717) is 43.3 Å². The lowest BCUT2D eigenvalue weighted by atomic mass is 9.91. The molecule has 0 spiro atoms. The summed E-state index contributed by atoms with van der Waals surface area (Å²) in [5, 5.41) is 1.92. The Kier molecular flexibility index (Phi) is 7.18. The van der Waals surface area contributed by atoms with Crippen LogP contribution in [0.2, 0.25) is 0 Å². The minimum absolute atomic E-state index is 0.197. The van der Waals surface area contributed by atoms with Crippen molar-refractivity contribution in [3.05, 3.63) is 127 Å². The average Bonchev–Trinajstić information content (AvgIpc) is 3.59. The molecular weight excluding hydrogens is 552 g/mol. The van der Waals surface area contributed by atoms with E-state index in [1.54, 1.807) is 60.9 Å². The molecule has 0 fully saturated rings. The number of allylic oxidation sites excluding steroid dienone is 1. The zero-order valence-corrected chi connectivity index (χ0v) is 23.9. The first-order valence-electron chi connectivity index (χ1n) is 13.4. The first kappa shape index (κ1) is 27.2. The third-order valence-electron chi connectivity index (χ3n) is 7.13. The summed E-state index contributed by atoms with van der Waals surface area (Å²) in [6.07, 6.45) is 1.65. The first-order chi connectivity index (χ1) is 20.4.